The smallest absolute Gasteiger partial charge is 0.269 e. The van der Waals surface area contributed by atoms with Gasteiger partial charge in [0, 0.05) is 22.7 Å². The number of amides is 1. The number of thioether (sulfide) groups is 1. The molecule has 3 aromatic rings. The molecule has 0 bridgehead atoms. The van der Waals surface area contributed by atoms with Gasteiger partial charge in [0.2, 0.25) is 0 Å². The number of non-ortho nitro benzene ring substituents is 1. The van der Waals surface area contributed by atoms with Gasteiger partial charge in [0.1, 0.15) is 12.4 Å². The molecule has 1 amide bonds. The first-order chi connectivity index (χ1) is 15.5. The van der Waals surface area contributed by atoms with E-state index in [-0.39, 0.29) is 18.2 Å². The first-order valence-corrected chi connectivity index (χ1v) is 10.7. The molecular formula is C23H16ClN3O4S. The van der Waals surface area contributed by atoms with Crippen LogP contribution in [0.3, 0.4) is 0 Å². The van der Waals surface area contributed by atoms with Crippen molar-refractivity contribution in [1.82, 2.24) is 5.32 Å². The third-order valence-corrected chi connectivity index (χ3v) is 5.58. The van der Waals surface area contributed by atoms with Crippen LogP contribution < -0.4 is 10.1 Å². The highest BCUT2D eigenvalue weighted by Crippen LogP contribution is 2.32. The number of para-hydroxylation sites is 1. The molecule has 0 saturated carbocycles. The lowest BCUT2D eigenvalue weighted by atomic mass is 10.1. The third-order valence-electron chi connectivity index (χ3n) is 4.44. The molecule has 0 aromatic heterocycles. The van der Waals surface area contributed by atoms with E-state index < -0.39 is 4.92 Å². The number of aliphatic imine (C=N–C) groups is 1. The summed E-state index contributed by atoms with van der Waals surface area (Å²) in [4.78, 5) is 27.7. The fourth-order valence-electron chi connectivity index (χ4n) is 2.88. The van der Waals surface area contributed by atoms with Gasteiger partial charge in [-0.2, -0.15) is 0 Å². The van der Waals surface area contributed by atoms with Gasteiger partial charge in [-0.05, 0) is 65.9 Å². The van der Waals surface area contributed by atoms with E-state index in [9.17, 15) is 14.9 Å². The maximum Gasteiger partial charge on any atom is 0.269 e. The number of nitro benzene ring substituents is 1. The van der Waals surface area contributed by atoms with Crippen LogP contribution in [0, 0.1) is 10.1 Å². The summed E-state index contributed by atoms with van der Waals surface area (Å²) in [5, 5.41) is 14.5. The second kappa shape index (κ2) is 9.67. The lowest BCUT2D eigenvalue weighted by molar-refractivity contribution is -0.384. The van der Waals surface area contributed by atoms with Crippen LogP contribution in [0.4, 0.5) is 11.4 Å². The van der Waals surface area contributed by atoms with Crippen molar-refractivity contribution in [2.75, 3.05) is 0 Å². The van der Waals surface area contributed by atoms with Crippen molar-refractivity contribution >= 4 is 51.9 Å². The second-order valence-electron chi connectivity index (χ2n) is 6.71. The molecule has 0 atom stereocenters. The van der Waals surface area contributed by atoms with Crippen molar-refractivity contribution in [2.24, 2.45) is 4.99 Å². The Morgan fingerprint density at radius 1 is 1.09 bits per heavy atom. The summed E-state index contributed by atoms with van der Waals surface area (Å²) in [5.74, 6) is 0.271. The number of nitrogens with one attached hydrogen (secondary N) is 1. The third kappa shape index (κ3) is 5.35. The summed E-state index contributed by atoms with van der Waals surface area (Å²) in [5.41, 5.74) is 2.17. The topological polar surface area (TPSA) is 93.8 Å². The maximum absolute atomic E-state index is 12.4. The molecule has 9 heteroatoms. The summed E-state index contributed by atoms with van der Waals surface area (Å²) in [6.07, 6.45) is 1.70. The van der Waals surface area contributed by atoms with Crippen molar-refractivity contribution in [1.29, 1.82) is 0 Å². The summed E-state index contributed by atoms with van der Waals surface area (Å²) < 4.78 is 5.90. The predicted octanol–water partition coefficient (Wildman–Crippen LogP) is 5.72. The normalized spacial score (nSPS) is 15.7. The molecule has 7 nitrogen and oxygen atoms in total. The number of carbonyl (C=O) groups excluding carboxylic acids is 1. The first kappa shape index (κ1) is 21.6. The van der Waals surface area contributed by atoms with Crippen LogP contribution in [0.15, 0.2) is 82.7 Å². The molecule has 3 aromatic carbocycles. The van der Waals surface area contributed by atoms with Crippen LogP contribution >= 0.6 is 23.4 Å². The minimum absolute atomic E-state index is 0.0166. The van der Waals surface area contributed by atoms with Crippen molar-refractivity contribution in [3.8, 4) is 5.75 Å². The van der Waals surface area contributed by atoms with Crippen molar-refractivity contribution in [3.05, 3.63) is 104 Å². The van der Waals surface area contributed by atoms with E-state index in [1.807, 2.05) is 30.3 Å². The van der Waals surface area contributed by atoms with Crippen LogP contribution in [0.1, 0.15) is 11.1 Å². The van der Waals surface area contributed by atoms with Gasteiger partial charge in [-0.15, -0.1) is 0 Å². The first-order valence-electron chi connectivity index (χ1n) is 9.48. The molecule has 0 radical (unpaired) electrons. The number of ether oxygens (including phenoxy) is 1. The van der Waals surface area contributed by atoms with Gasteiger partial charge >= 0.3 is 0 Å². The van der Waals surface area contributed by atoms with Crippen LogP contribution in [0.25, 0.3) is 6.08 Å². The van der Waals surface area contributed by atoms with Crippen molar-refractivity contribution < 1.29 is 14.5 Å². The summed E-state index contributed by atoms with van der Waals surface area (Å²) in [6, 6.07) is 20.6. The Morgan fingerprint density at radius 3 is 2.56 bits per heavy atom. The van der Waals surface area contributed by atoms with Gasteiger partial charge in [0.05, 0.1) is 15.5 Å². The zero-order valence-corrected chi connectivity index (χ0v) is 18.1. The van der Waals surface area contributed by atoms with E-state index in [4.69, 9.17) is 16.3 Å². The Kier molecular flexibility index (Phi) is 6.53. The molecule has 1 N–H and O–H groups in total. The molecule has 1 fully saturated rings. The monoisotopic (exact) mass is 465 g/mol. The standard InChI is InChI=1S/C23H16ClN3O4S/c24-17-8-11-20(31-14-15-6-9-19(10-7-15)27(29)30)16(12-17)13-21-22(28)26-23(32-21)25-18-4-2-1-3-5-18/h1-13H,14H2,(H,25,26,28). The second-order valence-corrected chi connectivity index (χ2v) is 8.18. The highest BCUT2D eigenvalue weighted by molar-refractivity contribution is 8.18. The van der Waals surface area contributed by atoms with E-state index in [1.165, 1.54) is 23.9 Å². The quantitative estimate of drug-likeness (QED) is 0.285. The van der Waals surface area contributed by atoms with Gasteiger partial charge in [-0.25, -0.2) is 4.99 Å². The molecule has 0 unspecified atom stereocenters. The van der Waals surface area contributed by atoms with Crippen LogP contribution in [-0.4, -0.2) is 16.0 Å². The summed E-state index contributed by atoms with van der Waals surface area (Å²) in [6.45, 7) is 0.204. The van der Waals surface area contributed by atoms with E-state index in [2.05, 4.69) is 10.3 Å². The van der Waals surface area contributed by atoms with Gasteiger partial charge < -0.3 is 10.1 Å². The molecular weight excluding hydrogens is 450 g/mol. The molecule has 1 heterocycles. The molecule has 1 saturated heterocycles. The predicted molar refractivity (Wildman–Crippen MR) is 126 cm³/mol. The summed E-state index contributed by atoms with van der Waals surface area (Å²) >= 11 is 7.39. The van der Waals surface area contributed by atoms with Gasteiger partial charge in [0.15, 0.2) is 5.17 Å². The van der Waals surface area contributed by atoms with Gasteiger partial charge in [-0.1, -0.05) is 29.8 Å². The van der Waals surface area contributed by atoms with E-state index in [1.54, 1.807) is 36.4 Å². The lowest BCUT2D eigenvalue weighted by Crippen LogP contribution is -2.19. The molecule has 1 aliphatic rings. The number of rotatable bonds is 6. The minimum atomic E-state index is -0.451. The van der Waals surface area contributed by atoms with Gasteiger partial charge in [-0.3, -0.25) is 14.9 Å². The van der Waals surface area contributed by atoms with Gasteiger partial charge in [0.25, 0.3) is 11.6 Å². The minimum Gasteiger partial charge on any atom is -0.488 e. The van der Waals surface area contributed by atoms with E-state index in [0.717, 1.165) is 11.3 Å². The zero-order chi connectivity index (χ0) is 22.5. The zero-order valence-electron chi connectivity index (χ0n) is 16.5. The lowest BCUT2D eigenvalue weighted by Gasteiger charge is -2.10. The Hall–Kier alpha value is -3.62. The number of hydrogen-bond donors (Lipinski definition) is 1. The number of nitro groups is 1. The molecule has 0 aliphatic carbocycles. The Balaban J connectivity index is 1.53. The highest BCUT2D eigenvalue weighted by Gasteiger charge is 2.24. The van der Waals surface area contributed by atoms with E-state index >= 15 is 0 Å². The number of hydrogen-bond acceptors (Lipinski definition) is 6. The van der Waals surface area contributed by atoms with Crippen LogP contribution in [0.2, 0.25) is 5.02 Å². The number of amidine groups is 1. The van der Waals surface area contributed by atoms with Crippen LogP contribution in [0.5, 0.6) is 5.75 Å². The SMILES string of the molecule is O=C1NC(=Nc2ccccc2)SC1=Cc1cc(Cl)ccc1OCc1ccc([N+](=O)[O-])cc1. The molecule has 32 heavy (non-hydrogen) atoms. The molecule has 0 spiro atoms. The molecule has 1 aliphatic heterocycles. The van der Waals surface area contributed by atoms with Crippen molar-refractivity contribution in [3.63, 3.8) is 0 Å². The largest absolute Gasteiger partial charge is 0.488 e. The average molecular weight is 466 g/mol. The Morgan fingerprint density at radius 2 is 1.84 bits per heavy atom. The Labute approximate surface area is 192 Å². The highest BCUT2D eigenvalue weighted by atomic mass is 35.5. The fraction of sp³-hybridized carbons (Fsp3) is 0.0435. The molecule has 160 valence electrons. The number of nitrogens with zero attached hydrogens (tertiary/aromatic N) is 2. The average Bonchev–Trinajstić information content (AvgIpc) is 3.12. The summed E-state index contributed by atoms with van der Waals surface area (Å²) in [7, 11) is 0. The van der Waals surface area contributed by atoms with E-state index in [0.29, 0.717) is 26.4 Å². The Bertz CT molecular complexity index is 1230. The number of benzene rings is 3. The maximum atomic E-state index is 12.4. The number of halogens is 1. The number of carbonyl (C=O) groups is 1. The molecule has 4 rings (SSSR count). The van der Waals surface area contributed by atoms with Crippen molar-refractivity contribution in [2.45, 2.75) is 6.61 Å². The fourth-order valence-corrected chi connectivity index (χ4v) is 3.89. The van der Waals surface area contributed by atoms with Crippen LogP contribution in [-0.2, 0) is 11.4 Å².